The molecule has 0 amide bonds. The van der Waals surface area contributed by atoms with Crippen LogP contribution < -0.4 is 0 Å². The van der Waals surface area contributed by atoms with Crippen molar-refractivity contribution in [1.82, 2.24) is 4.98 Å². The normalized spacial score (nSPS) is 12.6. The third-order valence-corrected chi connectivity index (χ3v) is 2.18. The molecule has 0 spiro atoms. The third kappa shape index (κ3) is 2.87. The number of aromatic carboxylic acids is 1. The smallest absolute Gasteiger partial charge is 0.434 e. The van der Waals surface area contributed by atoms with Gasteiger partial charge in [-0.25, -0.2) is 9.78 Å². The van der Waals surface area contributed by atoms with Crippen LogP contribution in [0.1, 0.15) is 27.3 Å². The molecule has 100 valence electrons. The second-order valence-electron chi connectivity index (χ2n) is 3.35. The Labute approximate surface area is 102 Å². The summed E-state index contributed by atoms with van der Waals surface area (Å²) in [6.07, 6.45) is -5.17. The van der Waals surface area contributed by atoms with Gasteiger partial charge >= 0.3 is 17.5 Å². The average Bonchev–Trinajstić information content (AvgIpc) is 2.12. The molecule has 1 N–H and O–H groups in total. The Morgan fingerprint density at radius 3 is 2.17 bits per heavy atom. The van der Waals surface area contributed by atoms with E-state index in [9.17, 15) is 26.7 Å². The highest BCUT2D eigenvalue weighted by Gasteiger charge is 2.41. The fourth-order valence-corrected chi connectivity index (χ4v) is 1.39. The average molecular weight is 290 g/mol. The van der Waals surface area contributed by atoms with Crippen LogP contribution in [0, 0.1) is 6.92 Å². The van der Waals surface area contributed by atoms with Crippen molar-refractivity contribution in [2.75, 3.05) is 0 Å². The number of carboxylic acid groups (broad SMARTS) is 1. The summed E-state index contributed by atoms with van der Waals surface area (Å²) in [4.78, 5) is 13.3. The van der Waals surface area contributed by atoms with Crippen molar-refractivity contribution in [3.63, 3.8) is 0 Å². The number of hydrogen-bond acceptors (Lipinski definition) is 2. The van der Waals surface area contributed by atoms with E-state index in [-0.39, 0.29) is 0 Å². The van der Waals surface area contributed by atoms with Crippen molar-refractivity contribution in [2.24, 2.45) is 0 Å². The summed E-state index contributed by atoms with van der Waals surface area (Å²) in [6, 6.07) is 0.506. The Balaban J connectivity index is 3.64. The fourth-order valence-electron chi connectivity index (χ4n) is 1.29. The van der Waals surface area contributed by atoms with Gasteiger partial charge in [0.05, 0.1) is 5.56 Å². The molecular formula is C9H5ClF5NO2. The van der Waals surface area contributed by atoms with Crippen molar-refractivity contribution in [3.8, 4) is 0 Å². The largest absolute Gasteiger partial charge is 0.478 e. The van der Waals surface area contributed by atoms with Gasteiger partial charge in [0, 0.05) is 0 Å². The molecule has 0 aliphatic carbocycles. The maximum atomic E-state index is 12.7. The van der Waals surface area contributed by atoms with Crippen LogP contribution in [0.25, 0.3) is 0 Å². The molecule has 0 fully saturated rings. The molecular weight excluding hydrogens is 285 g/mol. The van der Waals surface area contributed by atoms with Gasteiger partial charge in [-0.15, -0.1) is 0 Å². The van der Waals surface area contributed by atoms with Crippen LogP contribution in [0.5, 0.6) is 0 Å². The second kappa shape index (κ2) is 4.34. The number of aryl methyl sites for hydroxylation is 1. The van der Waals surface area contributed by atoms with Crippen molar-refractivity contribution < 1.29 is 31.9 Å². The molecule has 0 saturated heterocycles. The summed E-state index contributed by atoms with van der Waals surface area (Å²) in [5, 5.41) is 4.53. The molecule has 0 aromatic carbocycles. The molecule has 0 unspecified atom stereocenters. The maximum Gasteiger partial charge on any atom is 0.434 e. The second-order valence-corrected chi connectivity index (χ2v) is 3.82. The number of hydrogen-bond donors (Lipinski definition) is 1. The van der Waals surface area contributed by atoms with Gasteiger partial charge in [0.15, 0.2) is 5.69 Å². The van der Waals surface area contributed by atoms with E-state index in [0.717, 1.165) is 6.92 Å². The minimum atomic E-state index is -5.17. The van der Waals surface area contributed by atoms with Crippen molar-refractivity contribution in [3.05, 3.63) is 28.6 Å². The molecule has 18 heavy (non-hydrogen) atoms. The number of alkyl halides is 6. The van der Waals surface area contributed by atoms with Gasteiger partial charge in [-0.1, -0.05) is 0 Å². The molecule has 1 aromatic heterocycles. The molecule has 9 heteroatoms. The number of aromatic nitrogens is 1. The lowest BCUT2D eigenvalue weighted by molar-refractivity contribution is -0.142. The number of nitrogens with zero attached hydrogens (tertiary/aromatic N) is 1. The predicted octanol–water partition coefficient (Wildman–Crippen LogP) is 3.40. The molecule has 0 saturated carbocycles. The van der Waals surface area contributed by atoms with Crippen LogP contribution in [0.15, 0.2) is 6.07 Å². The van der Waals surface area contributed by atoms with E-state index in [1.54, 1.807) is 0 Å². The zero-order chi connectivity index (χ0) is 14.3. The SMILES string of the molecule is Cc1cc(C(F)(F)Cl)nc(C(F)(F)F)c1C(=O)O. The highest BCUT2D eigenvalue weighted by atomic mass is 35.5. The number of carbonyl (C=O) groups is 1. The monoisotopic (exact) mass is 289 g/mol. The Hall–Kier alpha value is -1.44. The van der Waals surface area contributed by atoms with Crippen molar-refractivity contribution in [2.45, 2.75) is 18.5 Å². The summed E-state index contributed by atoms with van der Waals surface area (Å²) in [6.45, 7) is 0.951. The minimum Gasteiger partial charge on any atom is -0.478 e. The topological polar surface area (TPSA) is 50.2 Å². The lowest BCUT2D eigenvalue weighted by Gasteiger charge is -2.15. The summed E-state index contributed by atoms with van der Waals surface area (Å²) in [7, 11) is 0. The highest BCUT2D eigenvalue weighted by molar-refractivity contribution is 6.21. The molecule has 1 aromatic rings. The van der Waals surface area contributed by atoms with Crippen LogP contribution >= 0.6 is 11.6 Å². The maximum absolute atomic E-state index is 12.7. The Morgan fingerprint density at radius 1 is 1.33 bits per heavy atom. The molecule has 1 heterocycles. The first-order valence-corrected chi connectivity index (χ1v) is 4.71. The standard InChI is InChI=1S/C9H5ClF5NO2/c1-3-2-4(8(10,11)12)16-6(9(13,14)15)5(3)7(17)18/h2H,1H3,(H,17,18). The molecule has 0 atom stereocenters. The molecule has 3 nitrogen and oxygen atoms in total. The summed E-state index contributed by atoms with van der Waals surface area (Å²) >= 11 is 4.57. The zero-order valence-electron chi connectivity index (χ0n) is 8.65. The molecule has 0 radical (unpaired) electrons. The Bertz CT molecular complexity index is 495. The number of halogens is 6. The van der Waals surface area contributed by atoms with Gasteiger partial charge in [0.2, 0.25) is 0 Å². The van der Waals surface area contributed by atoms with Crippen molar-refractivity contribution in [1.29, 1.82) is 0 Å². The van der Waals surface area contributed by atoms with Gasteiger partial charge in [-0.3, -0.25) is 0 Å². The lowest BCUT2D eigenvalue weighted by Crippen LogP contribution is -2.20. The van der Waals surface area contributed by atoms with E-state index in [0.29, 0.717) is 6.07 Å². The number of pyridine rings is 1. The first kappa shape index (κ1) is 14.6. The number of rotatable bonds is 2. The Morgan fingerprint density at radius 2 is 1.83 bits per heavy atom. The van der Waals surface area contributed by atoms with Gasteiger partial charge in [0.25, 0.3) is 0 Å². The molecule has 1 rings (SSSR count). The van der Waals surface area contributed by atoms with E-state index in [1.165, 1.54) is 0 Å². The van der Waals surface area contributed by atoms with Gasteiger partial charge in [-0.05, 0) is 30.2 Å². The quantitative estimate of drug-likeness (QED) is 0.670. The van der Waals surface area contributed by atoms with E-state index >= 15 is 0 Å². The lowest BCUT2D eigenvalue weighted by atomic mass is 10.1. The van der Waals surface area contributed by atoms with Crippen LogP contribution in [-0.2, 0) is 11.6 Å². The van der Waals surface area contributed by atoms with Crippen molar-refractivity contribution >= 4 is 17.6 Å². The van der Waals surface area contributed by atoms with E-state index in [4.69, 9.17) is 5.11 Å². The van der Waals surface area contributed by atoms with E-state index < -0.39 is 40.0 Å². The molecule has 0 bridgehead atoms. The third-order valence-electron chi connectivity index (χ3n) is 1.99. The van der Waals surface area contributed by atoms with Crippen LogP contribution in [0.2, 0.25) is 0 Å². The molecule has 0 aliphatic rings. The fraction of sp³-hybridized carbons (Fsp3) is 0.333. The van der Waals surface area contributed by atoms with Crippen LogP contribution in [-0.4, -0.2) is 16.1 Å². The van der Waals surface area contributed by atoms with E-state index in [2.05, 4.69) is 16.6 Å². The zero-order valence-corrected chi connectivity index (χ0v) is 9.40. The van der Waals surface area contributed by atoms with E-state index in [1.807, 2.05) is 0 Å². The highest BCUT2D eigenvalue weighted by Crippen LogP contribution is 2.37. The van der Waals surface area contributed by atoms with Gasteiger partial charge < -0.3 is 5.11 Å². The van der Waals surface area contributed by atoms with Gasteiger partial charge in [0.1, 0.15) is 5.69 Å². The minimum absolute atomic E-state index is 0.500. The van der Waals surface area contributed by atoms with Crippen LogP contribution in [0.3, 0.4) is 0 Å². The summed E-state index contributed by atoms with van der Waals surface area (Å²) < 4.78 is 63.1. The first-order chi connectivity index (χ1) is 7.94. The summed E-state index contributed by atoms with van der Waals surface area (Å²) in [5.74, 6) is -1.91. The first-order valence-electron chi connectivity index (χ1n) is 4.34. The Kier molecular flexibility index (Phi) is 3.53. The predicted molar refractivity (Wildman–Crippen MR) is 50.7 cm³/mol. The van der Waals surface area contributed by atoms with Crippen LogP contribution in [0.4, 0.5) is 22.0 Å². The molecule has 0 aliphatic heterocycles. The summed E-state index contributed by atoms with van der Waals surface area (Å²) in [5.41, 5.74) is -4.92. The van der Waals surface area contributed by atoms with Gasteiger partial charge in [-0.2, -0.15) is 22.0 Å². The number of carboxylic acids is 1.